The summed E-state index contributed by atoms with van der Waals surface area (Å²) in [6.45, 7) is 2.13. The molecule has 4 rings (SSSR count). The zero-order valence-electron chi connectivity index (χ0n) is 19.2. The van der Waals surface area contributed by atoms with Crippen LogP contribution in [-0.2, 0) is 16.2 Å². The second-order valence-electron chi connectivity index (χ2n) is 7.61. The average molecular weight is 493 g/mol. The largest absolute Gasteiger partial charge is 0.492 e. The number of aromatic nitrogens is 1. The highest BCUT2D eigenvalue weighted by Crippen LogP contribution is 2.22. The number of fused-ring (bicyclic) bond motifs is 1. The van der Waals surface area contributed by atoms with Crippen molar-refractivity contribution in [3.63, 3.8) is 0 Å². The van der Waals surface area contributed by atoms with Crippen LogP contribution in [0.1, 0.15) is 18.1 Å². The maximum atomic E-state index is 12.7. The minimum absolute atomic E-state index is 0.0721. The summed E-state index contributed by atoms with van der Waals surface area (Å²) >= 11 is 1.17. The summed E-state index contributed by atoms with van der Waals surface area (Å²) < 4.78 is 13.6. The summed E-state index contributed by atoms with van der Waals surface area (Å²) in [4.78, 5) is 28.6. The Morgan fingerprint density at radius 3 is 2.43 bits per heavy atom. The van der Waals surface area contributed by atoms with E-state index in [1.165, 1.54) is 25.4 Å². The van der Waals surface area contributed by atoms with Crippen molar-refractivity contribution in [2.45, 2.75) is 19.6 Å². The van der Waals surface area contributed by atoms with E-state index in [-0.39, 0.29) is 4.87 Å². The van der Waals surface area contributed by atoms with Crippen LogP contribution in [0.4, 0.5) is 0 Å². The SMILES string of the molecule is CO/N=C(\c1ccccc1)c1ccc2c(c1)sc(=O)n2CCOc1ccc(OC(C)C(=O)O)cc1. The van der Waals surface area contributed by atoms with Crippen LogP contribution in [-0.4, -0.2) is 41.2 Å². The van der Waals surface area contributed by atoms with Gasteiger partial charge in [-0.25, -0.2) is 4.79 Å². The molecule has 1 heterocycles. The Labute approximate surface area is 205 Å². The summed E-state index contributed by atoms with van der Waals surface area (Å²) in [6, 6.07) is 22.2. The number of aliphatic carboxylic acids is 1. The van der Waals surface area contributed by atoms with Gasteiger partial charge in [-0.15, -0.1) is 0 Å². The van der Waals surface area contributed by atoms with Crippen LogP contribution in [0.3, 0.4) is 0 Å². The molecule has 9 heteroatoms. The molecule has 0 saturated heterocycles. The third-order valence-electron chi connectivity index (χ3n) is 5.24. The van der Waals surface area contributed by atoms with Crippen LogP contribution in [0, 0.1) is 0 Å². The van der Waals surface area contributed by atoms with E-state index < -0.39 is 12.1 Å². The second kappa shape index (κ2) is 10.9. The molecule has 1 N–H and O–H groups in total. The minimum atomic E-state index is -1.03. The molecule has 35 heavy (non-hydrogen) atoms. The highest BCUT2D eigenvalue weighted by Gasteiger charge is 2.14. The topological polar surface area (TPSA) is 99.4 Å². The molecule has 1 atom stereocenters. The van der Waals surface area contributed by atoms with Crippen LogP contribution in [0.2, 0.25) is 0 Å². The molecule has 0 saturated carbocycles. The van der Waals surface area contributed by atoms with Gasteiger partial charge in [-0.05, 0) is 43.3 Å². The molecular formula is C26H24N2O6S. The standard InChI is InChI=1S/C26H24N2O6S/c1-17(25(29)30)34-21-11-9-20(10-12-21)33-15-14-28-22-13-8-19(16-23(22)35-26(28)31)24(27-32-2)18-6-4-3-5-7-18/h3-13,16-17H,14-15H2,1-2H3,(H,29,30)/b27-24+. The molecule has 0 fully saturated rings. The number of carbonyl (C=O) groups is 1. The molecule has 0 bridgehead atoms. The van der Waals surface area contributed by atoms with Gasteiger partial charge < -0.3 is 19.4 Å². The van der Waals surface area contributed by atoms with Crippen LogP contribution < -0.4 is 14.3 Å². The fourth-order valence-electron chi connectivity index (χ4n) is 3.51. The van der Waals surface area contributed by atoms with Crippen molar-refractivity contribution in [2.24, 2.45) is 5.16 Å². The Morgan fingerprint density at radius 1 is 1.03 bits per heavy atom. The lowest BCUT2D eigenvalue weighted by atomic mass is 10.0. The van der Waals surface area contributed by atoms with Gasteiger partial charge in [-0.3, -0.25) is 9.36 Å². The number of carboxylic acid groups (broad SMARTS) is 1. The van der Waals surface area contributed by atoms with Crippen LogP contribution in [0.5, 0.6) is 11.5 Å². The van der Waals surface area contributed by atoms with Crippen molar-refractivity contribution < 1.29 is 24.2 Å². The first kappa shape index (κ1) is 24.0. The predicted octanol–water partition coefficient (Wildman–Crippen LogP) is 4.39. The summed E-state index contributed by atoms with van der Waals surface area (Å²) in [6.07, 6.45) is -0.939. The van der Waals surface area contributed by atoms with Gasteiger partial charge in [-0.2, -0.15) is 0 Å². The van der Waals surface area contributed by atoms with Gasteiger partial charge >= 0.3 is 10.8 Å². The molecule has 3 aromatic carbocycles. The zero-order valence-corrected chi connectivity index (χ0v) is 20.0. The molecular weight excluding hydrogens is 468 g/mol. The van der Waals surface area contributed by atoms with E-state index in [9.17, 15) is 9.59 Å². The summed E-state index contributed by atoms with van der Waals surface area (Å²) in [5, 5.41) is 13.1. The van der Waals surface area contributed by atoms with Gasteiger partial charge in [0.2, 0.25) is 0 Å². The van der Waals surface area contributed by atoms with Gasteiger partial charge in [0.25, 0.3) is 0 Å². The van der Waals surface area contributed by atoms with E-state index in [0.717, 1.165) is 21.3 Å². The third kappa shape index (κ3) is 5.70. The van der Waals surface area contributed by atoms with Crippen molar-refractivity contribution in [2.75, 3.05) is 13.7 Å². The smallest absolute Gasteiger partial charge is 0.344 e. The van der Waals surface area contributed by atoms with Crippen LogP contribution in [0.25, 0.3) is 10.2 Å². The molecule has 0 aliphatic rings. The third-order valence-corrected chi connectivity index (χ3v) is 6.18. The number of carboxylic acids is 1. The molecule has 4 aromatic rings. The fraction of sp³-hybridized carbons (Fsp3) is 0.192. The Kier molecular flexibility index (Phi) is 7.47. The van der Waals surface area contributed by atoms with Gasteiger partial charge in [0, 0.05) is 11.1 Å². The normalized spacial score (nSPS) is 12.3. The van der Waals surface area contributed by atoms with Crippen molar-refractivity contribution >= 4 is 33.2 Å². The van der Waals surface area contributed by atoms with Gasteiger partial charge in [0.05, 0.1) is 16.8 Å². The molecule has 0 aliphatic heterocycles. The van der Waals surface area contributed by atoms with Gasteiger partial charge in [0.1, 0.15) is 30.9 Å². The number of oxime groups is 1. The van der Waals surface area contributed by atoms with E-state index in [1.54, 1.807) is 28.8 Å². The first-order chi connectivity index (χ1) is 17.0. The molecule has 1 unspecified atom stereocenters. The van der Waals surface area contributed by atoms with Crippen LogP contribution >= 0.6 is 11.3 Å². The maximum absolute atomic E-state index is 12.7. The van der Waals surface area contributed by atoms with Gasteiger partial charge in [-0.1, -0.05) is 52.9 Å². The lowest BCUT2D eigenvalue weighted by Crippen LogP contribution is -2.22. The Balaban J connectivity index is 1.46. The van der Waals surface area contributed by atoms with Crippen molar-refractivity contribution in [1.29, 1.82) is 0 Å². The Morgan fingerprint density at radius 2 is 1.74 bits per heavy atom. The molecule has 8 nitrogen and oxygen atoms in total. The Bertz CT molecular complexity index is 1390. The zero-order chi connectivity index (χ0) is 24.8. The summed E-state index contributed by atoms with van der Waals surface area (Å²) in [5.41, 5.74) is 3.29. The summed E-state index contributed by atoms with van der Waals surface area (Å²) in [7, 11) is 1.51. The number of hydrogen-bond acceptors (Lipinski definition) is 7. The molecule has 0 radical (unpaired) electrons. The lowest BCUT2D eigenvalue weighted by molar-refractivity contribution is -0.144. The van der Waals surface area contributed by atoms with Crippen molar-refractivity contribution in [1.82, 2.24) is 4.57 Å². The molecule has 0 amide bonds. The van der Waals surface area contributed by atoms with E-state index in [2.05, 4.69) is 5.16 Å². The minimum Gasteiger partial charge on any atom is -0.492 e. The number of hydrogen-bond donors (Lipinski definition) is 1. The predicted molar refractivity (Wildman–Crippen MR) is 135 cm³/mol. The van der Waals surface area contributed by atoms with Crippen molar-refractivity contribution in [3.05, 3.63) is 93.6 Å². The van der Waals surface area contributed by atoms with E-state index in [4.69, 9.17) is 19.4 Å². The van der Waals surface area contributed by atoms with Crippen LogP contribution in [0.15, 0.2) is 82.7 Å². The van der Waals surface area contributed by atoms with E-state index in [0.29, 0.717) is 30.4 Å². The number of rotatable bonds is 10. The van der Waals surface area contributed by atoms with E-state index >= 15 is 0 Å². The first-order valence-corrected chi connectivity index (χ1v) is 11.7. The summed E-state index contributed by atoms with van der Waals surface area (Å²) in [5.74, 6) is 0.00150. The molecule has 0 spiro atoms. The lowest BCUT2D eigenvalue weighted by Gasteiger charge is -2.11. The van der Waals surface area contributed by atoms with Gasteiger partial charge in [0.15, 0.2) is 6.10 Å². The highest BCUT2D eigenvalue weighted by molar-refractivity contribution is 7.16. The molecule has 0 aliphatic carbocycles. The fourth-order valence-corrected chi connectivity index (χ4v) is 4.47. The maximum Gasteiger partial charge on any atom is 0.344 e. The highest BCUT2D eigenvalue weighted by atomic mass is 32.1. The number of ether oxygens (including phenoxy) is 2. The number of nitrogens with zero attached hydrogens (tertiary/aromatic N) is 2. The first-order valence-electron chi connectivity index (χ1n) is 10.9. The van der Waals surface area contributed by atoms with Crippen molar-refractivity contribution in [3.8, 4) is 11.5 Å². The average Bonchev–Trinajstić information content (AvgIpc) is 3.18. The van der Waals surface area contributed by atoms with E-state index in [1.807, 2.05) is 48.5 Å². The molecule has 180 valence electrons. The molecule has 1 aromatic heterocycles. The second-order valence-corrected chi connectivity index (χ2v) is 8.60. The monoisotopic (exact) mass is 492 g/mol. The number of benzene rings is 3. The quantitative estimate of drug-likeness (QED) is 0.260. The number of thiazole rings is 1. The Hall–Kier alpha value is -4.11.